The highest BCUT2D eigenvalue weighted by Crippen LogP contribution is 2.18. The maximum absolute atomic E-state index is 12.8. The third-order valence-electron chi connectivity index (χ3n) is 5.10. The topological polar surface area (TPSA) is 41.6 Å². The molecule has 1 aliphatic rings. The normalized spacial score (nSPS) is 16.3. The maximum atomic E-state index is 12.8. The summed E-state index contributed by atoms with van der Waals surface area (Å²) in [6.07, 6.45) is 0. The molecule has 4 heteroatoms. The minimum atomic E-state index is -0.0391. The van der Waals surface area contributed by atoms with Crippen molar-refractivity contribution in [2.75, 3.05) is 32.8 Å². The van der Waals surface area contributed by atoms with Gasteiger partial charge in [0.15, 0.2) is 0 Å². The molecule has 1 atom stereocenters. The van der Waals surface area contributed by atoms with E-state index in [9.17, 15) is 4.79 Å². The molecule has 1 amide bonds. The average Bonchev–Trinajstić information content (AvgIpc) is 2.65. The molecule has 1 saturated heterocycles. The SMILES string of the molecule is Cc1ccc([C@H](CN2CCOCC2)NC(=O)c2ccc(C)c(C)c2)cc1. The zero-order valence-electron chi connectivity index (χ0n) is 15.9. The van der Waals surface area contributed by atoms with Gasteiger partial charge in [-0.05, 0) is 49.6 Å². The number of ether oxygens (including phenoxy) is 1. The number of nitrogens with zero attached hydrogens (tertiary/aromatic N) is 1. The van der Waals surface area contributed by atoms with Crippen molar-refractivity contribution in [3.05, 3.63) is 70.3 Å². The van der Waals surface area contributed by atoms with Crippen molar-refractivity contribution in [2.45, 2.75) is 26.8 Å². The molecule has 3 rings (SSSR count). The first-order valence-corrected chi connectivity index (χ1v) is 9.28. The summed E-state index contributed by atoms with van der Waals surface area (Å²) in [6, 6.07) is 14.3. The Morgan fingerprint density at radius 1 is 1.04 bits per heavy atom. The zero-order chi connectivity index (χ0) is 18.5. The number of amides is 1. The first kappa shape index (κ1) is 18.6. The number of carbonyl (C=O) groups excluding carboxylic acids is 1. The largest absolute Gasteiger partial charge is 0.379 e. The van der Waals surface area contributed by atoms with E-state index < -0.39 is 0 Å². The first-order chi connectivity index (χ1) is 12.5. The lowest BCUT2D eigenvalue weighted by atomic mass is 10.0. The minimum absolute atomic E-state index is 0.0214. The summed E-state index contributed by atoms with van der Waals surface area (Å²) >= 11 is 0. The monoisotopic (exact) mass is 352 g/mol. The van der Waals surface area contributed by atoms with Crippen molar-refractivity contribution in [1.82, 2.24) is 10.2 Å². The Hall–Kier alpha value is -2.17. The van der Waals surface area contributed by atoms with Crippen LogP contribution >= 0.6 is 0 Å². The highest BCUT2D eigenvalue weighted by molar-refractivity contribution is 5.94. The Kier molecular flexibility index (Phi) is 6.07. The van der Waals surface area contributed by atoms with E-state index in [1.54, 1.807) is 0 Å². The molecular weight excluding hydrogens is 324 g/mol. The second-order valence-electron chi connectivity index (χ2n) is 7.15. The van der Waals surface area contributed by atoms with Gasteiger partial charge in [-0.2, -0.15) is 0 Å². The lowest BCUT2D eigenvalue weighted by molar-refractivity contribution is 0.0332. The quantitative estimate of drug-likeness (QED) is 0.896. The average molecular weight is 352 g/mol. The fourth-order valence-corrected chi connectivity index (χ4v) is 3.20. The van der Waals surface area contributed by atoms with E-state index in [1.807, 2.05) is 25.1 Å². The third-order valence-corrected chi connectivity index (χ3v) is 5.10. The molecule has 2 aromatic rings. The summed E-state index contributed by atoms with van der Waals surface area (Å²) in [5.74, 6) is -0.0214. The van der Waals surface area contributed by atoms with Gasteiger partial charge in [-0.3, -0.25) is 9.69 Å². The predicted molar refractivity (Wildman–Crippen MR) is 105 cm³/mol. The number of nitrogens with one attached hydrogen (secondary N) is 1. The van der Waals surface area contributed by atoms with Gasteiger partial charge < -0.3 is 10.1 Å². The van der Waals surface area contributed by atoms with Crippen molar-refractivity contribution in [1.29, 1.82) is 0 Å². The van der Waals surface area contributed by atoms with Gasteiger partial charge in [0, 0.05) is 25.2 Å². The predicted octanol–water partition coefficient (Wildman–Crippen LogP) is 3.42. The maximum Gasteiger partial charge on any atom is 0.251 e. The van der Waals surface area contributed by atoms with Crippen LogP contribution in [0.25, 0.3) is 0 Å². The molecule has 0 bridgehead atoms. The second-order valence-corrected chi connectivity index (χ2v) is 7.15. The molecule has 26 heavy (non-hydrogen) atoms. The van der Waals surface area contributed by atoms with Crippen LogP contribution in [0.4, 0.5) is 0 Å². The number of morpholine rings is 1. The van der Waals surface area contributed by atoms with Crippen LogP contribution in [0.2, 0.25) is 0 Å². The van der Waals surface area contributed by atoms with E-state index in [4.69, 9.17) is 4.74 Å². The van der Waals surface area contributed by atoms with Gasteiger partial charge >= 0.3 is 0 Å². The number of hydrogen-bond acceptors (Lipinski definition) is 3. The lowest BCUT2D eigenvalue weighted by Gasteiger charge is -2.31. The van der Waals surface area contributed by atoms with Gasteiger partial charge in [0.25, 0.3) is 5.91 Å². The van der Waals surface area contributed by atoms with E-state index in [-0.39, 0.29) is 11.9 Å². The third kappa shape index (κ3) is 4.71. The van der Waals surface area contributed by atoms with Crippen LogP contribution in [-0.2, 0) is 4.74 Å². The molecule has 0 spiro atoms. The van der Waals surface area contributed by atoms with Crippen molar-refractivity contribution < 1.29 is 9.53 Å². The fraction of sp³-hybridized carbons (Fsp3) is 0.409. The van der Waals surface area contributed by atoms with Gasteiger partial charge in [0.1, 0.15) is 0 Å². The number of benzene rings is 2. The molecule has 138 valence electrons. The van der Waals surface area contributed by atoms with E-state index in [0.717, 1.165) is 44.0 Å². The van der Waals surface area contributed by atoms with Crippen LogP contribution in [0.1, 0.15) is 38.7 Å². The summed E-state index contributed by atoms with van der Waals surface area (Å²) in [7, 11) is 0. The fourth-order valence-electron chi connectivity index (χ4n) is 3.20. The molecule has 1 heterocycles. The van der Waals surface area contributed by atoms with E-state index in [1.165, 1.54) is 11.1 Å². The zero-order valence-corrected chi connectivity index (χ0v) is 15.9. The molecule has 0 radical (unpaired) electrons. The van der Waals surface area contributed by atoms with Crippen LogP contribution in [0, 0.1) is 20.8 Å². The minimum Gasteiger partial charge on any atom is -0.379 e. The van der Waals surface area contributed by atoms with Crippen molar-refractivity contribution in [2.24, 2.45) is 0 Å². The number of aryl methyl sites for hydroxylation is 3. The molecule has 2 aromatic carbocycles. The van der Waals surface area contributed by atoms with Gasteiger partial charge in [-0.15, -0.1) is 0 Å². The molecule has 0 unspecified atom stereocenters. The molecule has 0 aliphatic carbocycles. The lowest BCUT2D eigenvalue weighted by Crippen LogP contribution is -2.43. The molecule has 1 N–H and O–H groups in total. The van der Waals surface area contributed by atoms with Gasteiger partial charge in [0.05, 0.1) is 19.3 Å². The van der Waals surface area contributed by atoms with Crippen molar-refractivity contribution in [3.63, 3.8) is 0 Å². The Labute approximate surface area is 156 Å². The summed E-state index contributed by atoms with van der Waals surface area (Å²) < 4.78 is 5.45. The van der Waals surface area contributed by atoms with E-state index in [0.29, 0.717) is 5.56 Å². The molecule has 0 aromatic heterocycles. The summed E-state index contributed by atoms with van der Waals surface area (Å²) in [5.41, 5.74) is 5.41. The number of rotatable bonds is 5. The Morgan fingerprint density at radius 3 is 2.38 bits per heavy atom. The Balaban J connectivity index is 1.78. The first-order valence-electron chi connectivity index (χ1n) is 9.28. The van der Waals surface area contributed by atoms with Gasteiger partial charge in [-0.1, -0.05) is 35.9 Å². The standard InChI is InChI=1S/C22H28N2O2/c1-16-4-7-19(8-5-16)21(15-24-10-12-26-13-11-24)23-22(25)20-9-6-17(2)18(3)14-20/h4-9,14,21H,10-13,15H2,1-3H3,(H,23,25)/t21-/m0/s1. The molecule has 0 saturated carbocycles. The van der Waals surface area contributed by atoms with Crippen LogP contribution in [0.3, 0.4) is 0 Å². The van der Waals surface area contributed by atoms with Gasteiger partial charge in [-0.25, -0.2) is 0 Å². The summed E-state index contributed by atoms with van der Waals surface area (Å²) in [5, 5.41) is 3.24. The van der Waals surface area contributed by atoms with Crippen molar-refractivity contribution >= 4 is 5.91 Å². The van der Waals surface area contributed by atoms with E-state index in [2.05, 4.69) is 48.3 Å². The summed E-state index contributed by atoms with van der Waals surface area (Å²) in [6.45, 7) is 10.3. The Morgan fingerprint density at radius 2 is 1.73 bits per heavy atom. The smallest absolute Gasteiger partial charge is 0.251 e. The molecular formula is C22H28N2O2. The molecule has 1 aliphatic heterocycles. The van der Waals surface area contributed by atoms with Crippen molar-refractivity contribution in [3.8, 4) is 0 Å². The second kappa shape index (κ2) is 8.47. The highest BCUT2D eigenvalue weighted by Gasteiger charge is 2.21. The van der Waals surface area contributed by atoms with E-state index >= 15 is 0 Å². The number of hydrogen-bond donors (Lipinski definition) is 1. The Bertz CT molecular complexity index is 749. The van der Waals surface area contributed by atoms with Crippen LogP contribution < -0.4 is 5.32 Å². The molecule has 4 nitrogen and oxygen atoms in total. The van der Waals surface area contributed by atoms with Crippen LogP contribution in [0.15, 0.2) is 42.5 Å². The van der Waals surface area contributed by atoms with Crippen LogP contribution in [0.5, 0.6) is 0 Å². The number of carbonyl (C=O) groups is 1. The molecule has 1 fully saturated rings. The van der Waals surface area contributed by atoms with Gasteiger partial charge in [0.2, 0.25) is 0 Å². The highest BCUT2D eigenvalue weighted by atomic mass is 16.5. The van der Waals surface area contributed by atoms with Crippen LogP contribution in [-0.4, -0.2) is 43.7 Å². The summed E-state index contributed by atoms with van der Waals surface area (Å²) in [4.78, 5) is 15.2.